The maximum absolute atomic E-state index is 12.3. The topological polar surface area (TPSA) is 64.7 Å². The average Bonchev–Trinajstić information content (AvgIpc) is 2.55. The van der Waals surface area contributed by atoms with E-state index < -0.39 is 0 Å². The molecule has 1 heterocycles. The Morgan fingerprint density at radius 1 is 1.04 bits per heavy atom. The third-order valence-electron chi connectivity index (χ3n) is 4.46. The van der Waals surface area contributed by atoms with Crippen molar-refractivity contribution in [3.05, 3.63) is 34.9 Å². The Morgan fingerprint density at radius 3 is 2.07 bits per heavy atom. The van der Waals surface area contributed by atoms with E-state index in [2.05, 4.69) is 20.4 Å². The van der Waals surface area contributed by atoms with Crippen molar-refractivity contribution in [2.24, 2.45) is 0 Å². The van der Waals surface area contributed by atoms with Crippen LogP contribution in [0, 0.1) is 0 Å². The third kappa shape index (κ3) is 7.48. The highest BCUT2D eigenvalue weighted by atomic mass is 35.5. The molecule has 0 bridgehead atoms. The van der Waals surface area contributed by atoms with Gasteiger partial charge >= 0.3 is 0 Å². The first kappa shape index (κ1) is 21.7. The standard InChI is InChI=1S/C20H31ClN4O2/c1-15(16-7-5-6-8-17(16)21)22-18(26)13-24-9-11-25(12-10-24)14-19(27)23-20(2,3)4/h5-8,15H,9-14H2,1-4H3,(H,22,26)(H,23,27). The minimum atomic E-state index is -0.213. The Kier molecular flexibility index (Phi) is 7.65. The van der Waals surface area contributed by atoms with Crippen LogP contribution in [-0.4, -0.2) is 66.4 Å². The molecule has 0 radical (unpaired) electrons. The van der Waals surface area contributed by atoms with Crippen LogP contribution in [0.15, 0.2) is 24.3 Å². The van der Waals surface area contributed by atoms with Crippen molar-refractivity contribution in [1.29, 1.82) is 0 Å². The number of carbonyl (C=O) groups is 2. The fourth-order valence-corrected chi connectivity index (χ4v) is 3.46. The molecule has 1 aromatic rings. The predicted molar refractivity (Wildman–Crippen MR) is 109 cm³/mol. The molecule has 150 valence electrons. The zero-order valence-electron chi connectivity index (χ0n) is 16.7. The van der Waals surface area contributed by atoms with Crippen LogP contribution >= 0.6 is 11.6 Å². The number of piperazine rings is 1. The zero-order chi connectivity index (χ0) is 20.0. The van der Waals surface area contributed by atoms with Gasteiger partial charge in [-0.25, -0.2) is 0 Å². The van der Waals surface area contributed by atoms with Crippen LogP contribution in [0.4, 0.5) is 0 Å². The molecule has 1 atom stereocenters. The Hall–Kier alpha value is -1.63. The molecule has 1 aromatic carbocycles. The van der Waals surface area contributed by atoms with E-state index in [1.165, 1.54) is 0 Å². The zero-order valence-corrected chi connectivity index (χ0v) is 17.5. The number of rotatable bonds is 6. The summed E-state index contributed by atoms with van der Waals surface area (Å²) in [7, 11) is 0. The largest absolute Gasteiger partial charge is 0.350 e. The highest BCUT2D eigenvalue weighted by molar-refractivity contribution is 6.31. The number of carbonyl (C=O) groups excluding carboxylic acids is 2. The van der Waals surface area contributed by atoms with E-state index in [-0.39, 0.29) is 23.4 Å². The first-order valence-corrected chi connectivity index (χ1v) is 9.81. The van der Waals surface area contributed by atoms with Crippen molar-refractivity contribution < 1.29 is 9.59 Å². The average molecular weight is 395 g/mol. The van der Waals surface area contributed by atoms with Gasteiger partial charge in [-0.1, -0.05) is 29.8 Å². The Labute approximate surface area is 167 Å². The van der Waals surface area contributed by atoms with Gasteiger partial charge < -0.3 is 10.6 Å². The van der Waals surface area contributed by atoms with E-state index in [1.807, 2.05) is 52.0 Å². The fraction of sp³-hybridized carbons (Fsp3) is 0.600. The van der Waals surface area contributed by atoms with E-state index >= 15 is 0 Å². The molecular formula is C20H31ClN4O2. The number of hydrogen-bond donors (Lipinski definition) is 2. The fourth-order valence-electron chi connectivity index (χ4n) is 3.16. The quantitative estimate of drug-likeness (QED) is 0.775. The number of nitrogens with one attached hydrogen (secondary N) is 2. The molecule has 0 spiro atoms. The van der Waals surface area contributed by atoms with Gasteiger partial charge in [0.05, 0.1) is 19.1 Å². The van der Waals surface area contributed by atoms with E-state index in [0.717, 1.165) is 31.7 Å². The van der Waals surface area contributed by atoms with E-state index in [9.17, 15) is 9.59 Å². The highest BCUT2D eigenvalue weighted by Gasteiger charge is 2.23. The molecule has 7 heteroatoms. The summed E-state index contributed by atoms with van der Waals surface area (Å²) in [6.45, 7) is 11.7. The maximum atomic E-state index is 12.3. The number of nitrogens with zero attached hydrogens (tertiary/aromatic N) is 2. The second-order valence-corrected chi connectivity index (χ2v) is 8.57. The van der Waals surface area contributed by atoms with Crippen molar-refractivity contribution in [1.82, 2.24) is 20.4 Å². The Bertz CT molecular complexity index is 652. The molecule has 1 aliphatic rings. The molecule has 1 unspecified atom stereocenters. The van der Waals surface area contributed by atoms with Crippen molar-refractivity contribution >= 4 is 23.4 Å². The lowest BCUT2D eigenvalue weighted by Gasteiger charge is -2.34. The molecular weight excluding hydrogens is 364 g/mol. The van der Waals surface area contributed by atoms with Gasteiger partial charge in [-0.15, -0.1) is 0 Å². The summed E-state index contributed by atoms with van der Waals surface area (Å²) in [4.78, 5) is 28.6. The van der Waals surface area contributed by atoms with Crippen LogP contribution in [0.3, 0.4) is 0 Å². The van der Waals surface area contributed by atoms with Crippen molar-refractivity contribution in [2.75, 3.05) is 39.3 Å². The summed E-state index contributed by atoms with van der Waals surface area (Å²) in [5.41, 5.74) is 0.706. The number of halogens is 1. The molecule has 2 amide bonds. The molecule has 6 nitrogen and oxygen atoms in total. The molecule has 2 rings (SSSR count). The first-order valence-electron chi connectivity index (χ1n) is 9.43. The van der Waals surface area contributed by atoms with Crippen LogP contribution in [0.1, 0.15) is 39.3 Å². The Balaban J connectivity index is 1.73. The van der Waals surface area contributed by atoms with Crippen molar-refractivity contribution in [2.45, 2.75) is 39.3 Å². The van der Waals surface area contributed by atoms with Gasteiger partial charge in [0.25, 0.3) is 0 Å². The van der Waals surface area contributed by atoms with E-state index in [4.69, 9.17) is 11.6 Å². The summed E-state index contributed by atoms with van der Waals surface area (Å²) >= 11 is 6.19. The molecule has 1 saturated heterocycles. The summed E-state index contributed by atoms with van der Waals surface area (Å²) in [6.07, 6.45) is 0. The van der Waals surface area contributed by atoms with Gasteiger partial charge in [-0.2, -0.15) is 0 Å². The van der Waals surface area contributed by atoms with Crippen LogP contribution in [0.2, 0.25) is 5.02 Å². The maximum Gasteiger partial charge on any atom is 0.234 e. The summed E-state index contributed by atoms with van der Waals surface area (Å²) in [5, 5.41) is 6.65. The molecule has 27 heavy (non-hydrogen) atoms. The van der Waals surface area contributed by atoms with Crippen LogP contribution in [0.25, 0.3) is 0 Å². The van der Waals surface area contributed by atoms with Crippen LogP contribution < -0.4 is 10.6 Å². The van der Waals surface area contributed by atoms with Gasteiger partial charge in [0.1, 0.15) is 0 Å². The second kappa shape index (κ2) is 9.53. The third-order valence-corrected chi connectivity index (χ3v) is 4.81. The first-order chi connectivity index (χ1) is 12.6. The van der Waals surface area contributed by atoms with Crippen molar-refractivity contribution in [3.8, 4) is 0 Å². The lowest BCUT2D eigenvalue weighted by Crippen LogP contribution is -2.53. The molecule has 0 saturated carbocycles. The lowest BCUT2D eigenvalue weighted by molar-refractivity contribution is -0.126. The minimum absolute atomic E-state index is 0.0126. The Morgan fingerprint density at radius 2 is 1.56 bits per heavy atom. The summed E-state index contributed by atoms with van der Waals surface area (Å²) < 4.78 is 0. The summed E-state index contributed by atoms with van der Waals surface area (Å²) in [5.74, 6) is 0.0311. The van der Waals surface area contributed by atoms with Gasteiger partial charge in [-0.05, 0) is 39.3 Å². The van der Waals surface area contributed by atoms with Crippen LogP contribution in [-0.2, 0) is 9.59 Å². The molecule has 0 aliphatic carbocycles. The highest BCUT2D eigenvalue weighted by Crippen LogP contribution is 2.22. The molecule has 0 aromatic heterocycles. The molecule has 1 fully saturated rings. The van der Waals surface area contributed by atoms with Gasteiger partial charge in [0, 0.05) is 36.7 Å². The number of amides is 2. The number of benzene rings is 1. The van der Waals surface area contributed by atoms with Gasteiger partial charge in [-0.3, -0.25) is 19.4 Å². The van der Waals surface area contributed by atoms with Crippen molar-refractivity contribution in [3.63, 3.8) is 0 Å². The SMILES string of the molecule is CC(NC(=O)CN1CCN(CC(=O)NC(C)(C)C)CC1)c1ccccc1Cl. The second-order valence-electron chi connectivity index (χ2n) is 8.16. The monoisotopic (exact) mass is 394 g/mol. The minimum Gasteiger partial charge on any atom is -0.350 e. The predicted octanol–water partition coefficient (Wildman–Crippen LogP) is 2.05. The smallest absolute Gasteiger partial charge is 0.234 e. The van der Waals surface area contributed by atoms with Gasteiger partial charge in [0.15, 0.2) is 0 Å². The normalized spacial score (nSPS) is 17.4. The molecule has 2 N–H and O–H groups in total. The van der Waals surface area contributed by atoms with Crippen LogP contribution in [0.5, 0.6) is 0 Å². The lowest BCUT2D eigenvalue weighted by atomic mass is 10.1. The molecule has 1 aliphatic heterocycles. The number of hydrogen-bond acceptors (Lipinski definition) is 4. The van der Waals surface area contributed by atoms with E-state index in [1.54, 1.807) is 0 Å². The summed E-state index contributed by atoms with van der Waals surface area (Å²) in [6, 6.07) is 7.41. The van der Waals surface area contributed by atoms with E-state index in [0.29, 0.717) is 18.1 Å². The van der Waals surface area contributed by atoms with Gasteiger partial charge in [0.2, 0.25) is 11.8 Å².